The van der Waals surface area contributed by atoms with Crippen LogP contribution < -0.4 is 15.4 Å². The van der Waals surface area contributed by atoms with Gasteiger partial charge in [0.2, 0.25) is 0 Å². The molecule has 1 unspecified atom stereocenters. The Morgan fingerprint density at radius 1 is 1.04 bits per heavy atom. The van der Waals surface area contributed by atoms with Crippen LogP contribution in [0.25, 0.3) is 0 Å². The van der Waals surface area contributed by atoms with Gasteiger partial charge >= 0.3 is 11.8 Å². The monoisotopic (exact) mass is 356 g/mol. The average molecular weight is 356 g/mol. The SMILES string of the molecule is COc1ccc(O)c(C(C)NC(=O)C(=O)Nc2c(C)cc(C)cc2C)c1. The number of hydrogen-bond acceptors (Lipinski definition) is 4. The molecule has 0 bridgehead atoms. The number of ether oxygens (including phenoxy) is 1. The van der Waals surface area contributed by atoms with Gasteiger partial charge < -0.3 is 20.5 Å². The van der Waals surface area contributed by atoms with Crippen LogP contribution in [0, 0.1) is 20.8 Å². The van der Waals surface area contributed by atoms with Crippen LogP contribution in [-0.4, -0.2) is 24.0 Å². The first-order valence-electron chi connectivity index (χ1n) is 8.29. The maximum Gasteiger partial charge on any atom is 0.313 e. The van der Waals surface area contributed by atoms with Gasteiger partial charge in [0.25, 0.3) is 0 Å². The van der Waals surface area contributed by atoms with Crippen LogP contribution in [0.15, 0.2) is 30.3 Å². The van der Waals surface area contributed by atoms with Crippen molar-refractivity contribution in [3.63, 3.8) is 0 Å². The first-order valence-corrected chi connectivity index (χ1v) is 8.29. The molecule has 0 spiro atoms. The number of benzene rings is 2. The van der Waals surface area contributed by atoms with Crippen molar-refractivity contribution < 1.29 is 19.4 Å². The lowest BCUT2D eigenvalue weighted by Crippen LogP contribution is -2.37. The largest absolute Gasteiger partial charge is 0.508 e. The third-order valence-electron chi connectivity index (χ3n) is 4.17. The lowest BCUT2D eigenvalue weighted by atomic mass is 10.0. The molecule has 0 saturated heterocycles. The molecule has 2 aromatic carbocycles. The normalized spacial score (nSPS) is 11.6. The molecule has 6 heteroatoms. The summed E-state index contributed by atoms with van der Waals surface area (Å²) in [5.74, 6) is -0.966. The lowest BCUT2D eigenvalue weighted by molar-refractivity contribution is -0.136. The molecule has 0 aliphatic heterocycles. The van der Waals surface area contributed by atoms with E-state index < -0.39 is 17.9 Å². The van der Waals surface area contributed by atoms with Crippen molar-refractivity contribution in [3.05, 3.63) is 52.6 Å². The van der Waals surface area contributed by atoms with Gasteiger partial charge in [0.1, 0.15) is 11.5 Å². The van der Waals surface area contributed by atoms with Crippen molar-refractivity contribution in [2.45, 2.75) is 33.7 Å². The molecule has 0 aliphatic rings. The number of aromatic hydroxyl groups is 1. The molecule has 138 valence electrons. The second kappa shape index (κ2) is 7.91. The second-order valence-electron chi connectivity index (χ2n) is 6.35. The van der Waals surface area contributed by atoms with Crippen LogP contribution in [0.2, 0.25) is 0 Å². The molecule has 2 amide bonds. The van der Waals surface area contributed by atoms with Crippen molar-refractivity contribution in [1.82, 2.24) is 5.32 Å². The van der Waals surface area contributed by atoms with Gasteiger partial charge in [0.05, 0.1) is 13.2 Å². The number of phenolic OH excluding ortho intramolecular Hbond substituents is 1. The van der Waals surface area contributed by atoms with Crippen LogP contribution in [0.1, 0.15) is 35.2 Å². The number of methoxy groups -OCH3 is 1. The summed E-state index contributed by atoms with van der Waals surface area (Å²) < 4.78 is 5.12. The van der Waals surface area contributed by atoms with Crippen LogP contribution >= 0.6 is 0 Å². The third-order valence-corrected chi connectivity index (χ3v) is 4.17. The summed E-state index contributed by atoms with van der Waals surface area (Å²) >= 11 is 0. The van der Waals surface area contributed by atoms with Crippen LogP contribution in [-0.2, 0) is 9.59 Å². The van der Waals surface area contributed by atoms with Crippen molar-refractivity contribution in [1.29, 1.82) is 0 Å². The first-order chi connectivity index (χ1) is 12.2. The summed E-state index contributed by atoms with van der Waals surface area (Å²) in [5, 5.41) is 15.2. The summed E-state index contributed by atoms with van der Waals surface area (Å²) in [7, 11) is 1.51. The topological polar surface area (TPSA) is 87.7 Å². The minimum absolute atomic E-state index is 0.0178. The number of hydrogen-bond donors (Lipinski definition) is 3. The fraction of sp³-hybridized carbons (Fsp3) is 0.300. The summed E-state index contributed by atoms with van der Waals surface area (Å²) in [6.07, 6.45) is 0. The van der Waals surface area contributed by atoms with Gasteiger partial charge in [-0.05, 0) is 57.0 Å². The number of amides is 2. The number of carbonyl (C=O) groups is 2. The number of nitrogens with one attached hydrogen (secondary N) is 2. The maximum absolute atomic E-state index is 12.3. The Morgan fingerprint density at radius 3 is 2.23 bits per heavy atom. The fourth-order valence-electron chi connectivity index (χ4n) is 2.89. The van der Waals surface area contributed by atoms with Gasteiger partial charge in [-0.3, -0.25) is 9.59 Å². The molecule has 2 rings (SSSR count). The van der Waals surface area contributed by atoms with Crippen LogP contribution in [0.4, 0.5) is 5.69 Å². The predicted octanol–water partition coefficient (Wildman–Crippen LogP) is 3.14. The lowest BCUT2D eigenvalue weighted by Gasteiger charge is -2.17. The standard InChI is InChI=1S/C20H24N2O4/c1-11-8-12(2)18(13(3)9-11)22-20(25)19(24)21-14(4)16-10-15(26-5)6-7-17(16)23/h6-10,14,23H,1-5H3,(H,21,24)(H,22,25). The highest BCUT2D eigenvalue weighted by atomic mass is 16.5. The first kappa shape index (κ1) is 19.3. The number of anilines is 1. The predicted molar refractivity (Wildman–Crippen MR) is 100 cm³/mol. The minimum atomic E-state index is -0.779. The molecule has 1 atom stereocenters. The molecule has 0 radical (unpaired) electrons. The quantitative estimate of drug-likeness (QED) is 0.735. The van der Waals surface area contributed by atoms with Gasteiger partial charge in [-0.1, -0.05) is 17.7 Å². The van der Waals surface area contributed by atoms with Crippen molar-refractivity contribution in [2.24, 2.45) is 0 Å². The summed E-state index contributed by atoms with van der Waals surface area (Å²) in [6.45, 7) is 7.41. The zero-order valence-electron chi connectivity index (χ0n) is 15.6. The molecular formula is C20H24N2O4. The smallest absolute Gasteiger partial charge is 0.313 e. The number of carbonyl (C=O) groups excluding carboxylic acids is 2. The van der Waals surface area contributed by atoms with E-state index in [1.54, 1.807) is 19.1 Å². The highest BCUT2D eigenvalue weighted by molar-refractivity contribution is 6.39. The zero-order valence-corrected chi connectivity index (χ0v) is 15.6. The van der Waals surface area contributed by atoms with E-state index in [-0.39, 0.29) is 5.75 Å². The Hall–Kier alpha value is -3.02. The molecule has 2 aromatic rings. The average Bonchev–Trinajstić information content (AvgIpc) is 2.58. The van der Waals surface area contributed by atoms with E-state index in [1.165, 1.54) is 13.2 Å². The van der Waals surface area contributed by atoms with E-state index >= 15 is 0 Å². The van der Waals surface area contributed by atoms with E-state index in [4.69, 9.17) is 4.74 Å². The highest BCUT2D eigenvalue weighted by Crippen LogP contribution is 2.28. The molecule has 6 nitrogen and oxygen atoms in total. The zero-order chi connectivity index (χ0) is 19.4. The van der Waals surface area contributed by atoms with Gasteiger partial charge in [-0.2, -0.15) is 0 Å². The molecule has 3 N–H and O–H groups in total. The van der Waals surface area contributed by atoms with Crippen molar-refractivity contribution in [3.8, 4) is 11.5 Å². The van der Waals surface area contributed by atoms with Gasteiger partial charge in [-0.25, -0.2) is 0 Å². The molecule has 0 saturated carbocycles. The maximum atomic E-state index is 12.3. The Kier molecular flexibility index (Phi) is 5.87. The van der Waals surface area contributed by atoms with E-state index in [0.29, 0.717) is 17.0 Å². The Morgan fingerprint density at radius 2 is 1.65 bits per heavy atom. The Bertz CT molecular complexity index is 823. The number of rotatable bonds is 4. The Labute approximate surface area is 153 Å². The van der Waals surface area contributed by atoms with E-state index in [0.717, 1.165) is 16.7 Å². The molecule has 0 heterocycles. The molecule has 0 aliphatic carbocycles. The summed E-state index contributed by atoms with van der Waals surface area (Å²) in [5.41, 5.74) is 3.97. The third kappa shape index (κ3) is 4.33. The van der Waals surface area contributed by atoms with Crippen LogP contribution in [0.3, 0.4) is 0 Å². The molecule has 26 heavy (non-hydrogen) atoms. The highest BCUT2D eigenvalue weighted by Gasteiger charge is 2.20. The molecular weight excluding hydrogens is 332 g/mol. The molecule has 0 fully saturated rings. The van der Waals surface area contributed by atoms with E-state index in [2.05, 4.69) is 10.6 Å². The Balaban J connectivity index is 2.11. The number of phenols is 1. The van der Waals surface area contributed by atoms with Crippen LogP contribution in [0.5, 0.6) is 11.5 Å². The minimum Gasteiger partial charge on any atom is -0.508 e. The van der Waals surface area contributed by atoms with Gasteiger partial charge in [0.15, 0.2) is 0 Å². The summed E-state index contributed by atoms with van der Waals surface area (Å²) in [4.78, 5) is 24.5. The van der Waals surface area contributed by atoms with E-state index in [9.17, 15) is 14.7 Å². The second-order valence-corrected chi connectivity index (χ2v) is 6.35. The fourth-order valence-corrected chi connectivity index (χ4v) is 2.89. The number of aryl methyl sites for hydroxylation is 3. The van der Waals surface area contributed by atoms with E-state index in [1.807, 2.05) is 32.9 Å². The van der Waals surface area contributed by atoms with Crippen molar-refractivity contribution in [2.75, 3.05) is 12.4 Å². The van der Waals surface area contributed by atoms with Gasteiger partial charge in [-0.15, -0.1) is 0 Å². The van der Waals surface area contributed by atoms with Gasteiger partial charge in [0, 0.05) is 11.3 Å². The molecule has 0 aromatic heterocycles. The summed E-state index contributed by atoms with van der Waals surface area (Å²) in [6, 6.07) is 8.03. The van der Waals surface area contributed by atoms with Crippen molar-refractivity contribution >= 4 is 17.5 Å².